The lowest BCUT2D eigenvalue weighted by molar-refractivity contribution is -0.128. The fourth-order valence-electron chi connectivity index (χ4n) is 7.66. The van der Waals surface area contributed by atoms with Crippen LogP contribution >= 0.6 is 0 Å². The van der Waals surface area contributed by atoms with Gasteiger partial charge in [-0.25, -0.2) is 0 Å². The van der Waals surface area contributed by atoms with Gasteiger partial charge in [0.05, 0.1) is 18.3 Å². The monoisotopic (exact) mass is 802 g/mol. The molecule has 6 N–H and O–H groups in total. The van der Waals surface area contributed by atoms with Crippen LogP contribution in [0.25, 0.3) is 0 Å². The molecule has 2 aliphatic heterocycles. The summed E-state index contributed by atoms with van der Waals surface area (Å²) in [6.45, 7) is 16.2. The fourth-order valence-corrected chi connectivity index (χ4v) is 7.66. The maximum Gasteiger partial charge on any atom is 0.292 e. The number of aliphatic imine (C=N–C) groups is 2. The summed E-state index contributed by atoms with van der Waals surface area (Å²) in [4.78, 5) is 52.6. The molecule has 5 atom stereocenters. The topological polar surface area (TPSA) is 165 Å². The number of benzene rings is 2. The number of aliphatic hydroxyl groups is 2. The molecule has 0 amide bonds. The first kappa shape index (κ1) is 46.9. The number of rotatable bonds is 28. The summed E-state index contributed by atoms with van der Waals surface area (Å²) in [6.07, 6.45) is 5.87. The summed E-state index contributed by atoms with van der Waals surface area (Å²) >= 11 is 0. The number of Topliss-reactive ketones (excluding diaryl/α,β-unsaturated/α-hetero) is 3. The van der Waals surface area contributed by atoms with Crippen LogP contribution in [0, 0.1) is 23.7 Å². The third-order valence-corrected chi connectivity index (χ3v) is 11.4. The molecule has 2 heterocycles. The summed E-state index contributed by atoms with van der Waals surface area (Å²) in [5.41, 5.74) is 15.3. The van der Waals surface area contributed by atoms with E-state index in [1.807, 2.05) is 43.3 Å². The van der Waals surface area contributed by atoms with Crippen LogP contribution in [0.4, 0.5) is 0 Å². The van der Waals surface area contributed by atoms with E-state index in [1.165, 1.54) is 5.56 Å². The number of amidine groups is 2. The van der Waals surface area contributed by atoms with E-state index in [4.69, 9.17) is 26.2 Å². The molecule has 0 saturated carbocycles. The molecule has 320 valence electrons. The SMILES string of the molecule is CC(C)CC(N=C(N)C(CCCC(=O)[C@H](CC(C)C)N=C(N)[C@@H](CCC(=O)COCCN1CCNCC1)CCc1ccccc1)Cc1ccccc1)C(=O)[C@@]1(C)C[OH+]1. The summed E-state index contributed by atoms with van der Waals surface area (Å²) in [5, 5.41) is 3.35. The zero-order chi connectivity index (χ0) is 41.9. The Morgan fingerprint density at radius 3 is 2.02 bits per heavy atom. The Balaban J connectivity index is 1.42. The Labute approximate surface area is 348 Å². The molecule has 11 nitrogen and oxygen atoms in total. The van der Waals surface area contributed by atoms with Crippen LogP contribution in [0.3, 0.4) is 0 Å². The molecule has 4 rings (SSSR count). The van der Waals surface area contributed by atoms with Crippen LogP contribution in [-0.2, 0) is 32.0 Å². The molecular weight excluding hydrogens is 729 g/mol. The Kier molecular flexibility index (Phi) is 19.7. The highest BCUT2D eigenvalue weighted by molar-refractivity contribution is 5.96. The maximum atomic E-state index is 14.0. The van der Waals surface area contributed by atoms with Crippen LogP contribution in [-0.4, -0.2) is 109 Å². The number of nitrogens with one attached hydrogen (secondary N) is 1. The van der Waals surface area contributed by atoms with Crippen molar-refractivity contribution in [3.05, 3.63) is 71.8 Å². The molecule has 2 aromatic rings. The molecule has 0 bridgehead atoms. The van der Waals surface area contributed by atoms with Gasteiger partial charge < -0.3 is 26.3 Å². The van der Waals surface area contributed by atoms with E-state index in [0.29, 0.717) is 76.3 Å². The van der Waals surface area contributed by atoms with Gasteiger partial charge in [-0.3, -0.25) is 29.3 Å². The first-order valence-electron chi connectivity index (χ1n) is 21.8. The van der Waals surface area contributed by atoms with E-state index >= 15 is 0 Å². The van der Waals surface area contributed by atoms with Crippen molar-refractivity contribution in [3.8, 4) is 0 Å². The first-order chi connectivity index (χ1) is 27.8. The van der Waals surface area contributed by atoms with E-state index < -0.39 is 17.7 Å². The molecule has 58 heavy (non-hydrogen) atoms. The van der Waals surface area contributed by atoms with E-state index in [1.54, 1.807) is 0 Å². The predicted octanol–water partition coefficient (Wildman–Crippen LogP) is 5.52. The lowest BCUT2D eigenvalue weighted by atomic mass is 9.89. The average molecular weight is 802 g/mol. The summed E-state index contributed by atoms with van der Waals surface area (Å²) in [6, 6.07) is 19.3. The number of hydrogen-bond donors (Lipinski definition) is 3. The van der Waals surface area contributed by atoms with Crippen molar-refractivity contribution in [3.63, 3.8) is 0 Å². The van der Waals surface area contributed by atoms with Gasteiger partial charge in [0.1, 0.15) is 18.7 Å². The zero-order valence-electron chi connectivity index (χ0n) is 36.0. The van der Waals surface area contributed by atoms with Gasteiger partial charge in [-0.15, -0.1) is 0 Å². The quantitative estimate of drug-likeness (QED) is 0.0333. The molecule has 0 aliphatic carbocycles. The lowest BCUT2D eigenvalue weighted by Crippen LogP contribution is -2.44. The molecule has 2 fully saturated rings. The van der Waals surface area contributed by atoms with Crippen molar-refractivity contribution >= 4 is 29.0 Å². The number of piperazine rings is 1. The van der Waals surface area contributed by atoms with Gasteiger partial charge in [-0.05, 0) is 74.3 Å². The molecule has 0 aromatic heterocycles. The summed E-state index contributed by atoms with van der Waals surface area (Å²) in [7, 11) is 0. The van der Waals surface area contributed by atoms with Gasteiger partial charge in [-0.1, -0.05) is 88.4 Å². The minimum Gasteiger partial charge on any atom is -0.411 e. The van der Waals surface area contributed by atoms with Gasteiger partial charge in [0, 0.05) is 64.3 Å². The van der Waals surface area contributed by atoms with Gasteiger partial charge >= 0.3 is 0 Å². The number of epoxide rings is 1. The highest BCUT2D eigenvalue weighted by atomic mass is 16.6. The summed E-state index contributed by atoms with van der Waals surface area (Å²) in [5.74, 6) is 1.27. The highest BCUT2D eigenvalue weighted by Crippen LogP contribution is 2.29. The Morgan fingerprint density at radius 2 is 1.40 bits per heavy atom. The summed E-state index contributed by atoms with van der Waals surface area (Å²) < 4.78 is 10.1. The molecular formula is C47H73N6O5+. The molecule has 2 unspecified atom stereocenters. The number of nitrogens with zero attached hydrogens (tertiary/aromatic N) is 3. The molecule has 2 saturated heterocycles. The average Bonchev–Trinajstić information content (AvgIpc) is 3.97. The van der Waals surface area contributed by atoms with Gasteiger partial charge in [-0.2, -0.15) is 0 Å². The number of carbonyl (C=O) groups excluding carboxylic acids is 3. The van der Waals surface area contributed by atoms with Crippen molar-refractivity contribution in [2.24, 2.45) is 45.1 Å². The van der Waals surface area contributed by atoms with Crippen LogP contribution in [0.1, 0.15) is 97.1 Å². The van der Waals surface area contributed by atoms with Crippen LogP contribution in [0.2, 0.25) is 0 Å². The highest BCUT2D eigenvalue weighted by Gasteiger charge is 2.58. The maximum absolute atomic E-state index is 14.0. The van der Waals surface area contributed by atoms with E-state index in [0.717, 1.165) is 51.1 Å². The largest absolute Gasteiger partial charge is 0.411 e. The van der Waals surface area contributed by atoms with Crippen LogP contribution < -0.4 is 16.8 Å². The van der Waals surface area contributed by atoms with Crippen molar-refractivity contribution in [1.29, 1.82) is 0 Å². The van der Waals surface area contributed by atoms with E-state index in [-0.39, 0.29) is 47.6 Å². The second-order valence-corrected chi connectivity index (χ2v) is 17.5. The van der Waals surface area contributed by atoms with Gasteiger partial charge in [0.2, 0.25) is 12.4 Å². The second-order valence-electron chi connectivity index (χ2n) is 17.5. The normalized spacial score (nSPS) is 19.8. The lowest BCUT2D eigenvalue weighted by Gasteiger charge is -2.26. The number of aryl methyl sites for hydroxylation is 1. The number of carbonyl (C=O) groups is 3. The number of hydrogen-bond acceptors (Lipinski definition) is 8. The molecule has 0 spiro atoms. The second kappa shape index (κ2) is 24.3. The molecule has 2 aliphatic rings. The Hall–Kier alpha value is -3.77. The van der Waals surface area contributed by atoms with E-state index in [9.17, 15) is 14.4 Å². The third-order valence-electron chi connectivity index (χ3n) is 11.4. The standard InChI is InChI=1S/C47H72N6O5/c1-34(2)29-41(51-45(48)38(20-19-36-13-8-6-9-14-36)21-22-40(54)32-57-28-27-53-25-23-50-24-26-53)43(55)18-12-17-39(31-37-15-10-7-11-16-37)46(49)52-42(30-35(3)4)44(56)47(5)33-58-47/h6-11,13-16,34-35,38-39,41-42,50H,12,17-33H2,1-5H3,(H2,48,51)(H2,49,52)/p+1/t38-,39?,41+,42?,47-/m1/s1. The van der Waals surface area contributed by atoms with Crippen molar-refractivity contribution in [1.82, 2.24) is 10.2 Å². The van der Waals surface area contributed by atoms with E-state index in [2.05, 4.69) is 66.9 Å². The minimum absolute atomic E-state index is 0.0332. The molecule has 0 radical (unpaired) electrons. The number of ketones is 3. The molecule has 11 heteroatoms. The van der Waals surface area contributed by atoms with Crippen LogP contribution in [0.15, 0.2) is 70.6 Å². The predicted molar refractivity (Wildman–Crippen MR) is 235 cm³/mol. The fraction of sp³-hybridized carbons (Fsp3) is 0.638. The van der Waals surface area contributed by atoms with Crippen molar-refractivity contribution < 1.29 is 23.9 Å². The Bertz CT molecular complexity index is 1600. The third kappa shape index (κ3) is 16.8. The zero-order valence-corrected chi connectivity index (χ0v) is 36.0. The van der Waals surface area contributed by atoms with Crippen molar-refractivity contribution in [2.45, 2.75) is 117 Å². The smallest absolute Gasteiger partial charge is 0.292 e. The number of nitrogens with two attached hydrogens (primary N) is 2. The van der Waals surface area contributed by atoms with Crippen LogP contribution in [0.5, 0.6) is 0 Å². The Morgan fingerprint density at radius 1 is 0.810 bits per heavy atom. The minimum atomic E-state index is -0.659. The molecule has 2 aromatic carbocycles. The van der Waals surface area contributed by atoms with Gasteiger partial charge in [0.15, 0.2) is 11.6 Å². The van der Waals surface area contributed by atoms with Crippen molar-refractivity contribution in [2.75, 3.05) is 52.5 Å². The number of ether oxygens (including phenoxy) is 2. The first-order valence-corrected chi connectivity index (χ1v) is 21.8. The van der Waals surface area contributed by atoms with Gasteiger partial charge in [0.25, 0.3) is 5.60 Å².